The van der Waals surface area contributed by atoms with Crippen molar-refractivity contribution in [3.8, 4) is 0 Å². The summed E-state index contributed by atoms with van der Waals surface area (Å²) in [5.41, 5.74) is 3.85. The topological polar surface area (TPSA) is 91.9 Å². The molecule has 1 aromatic heterocycles. The van der Waals surface area contributed by atoms with Crippen LogP contribution in [0.2, 0.25) is 0 Å². The Morgan fingerprint density at radius 3 is 2.52 bits per heavy atom. The SMILES string of the molecule is O=C(O)c1ccc(C=NNC(=O)c2cc3ccccc3o2)cc1. The van der Waals surface area contributed by atoms with Gasteiger partial charge in [-0.1, -0.05) is 30.3 Å². The lowest BCUT2D eigenvalue weighted by atomic mass is 10.1. The molecule has 1 heterocycles. The Hall–Kier alpha value is -3.41. The van der Waals surface area contributed by atoms with Crippen LogP contribution in [0.25, 0.3) is 11.0 Å². The Morgan fingerprint density at radius 2 is 1.83 bits per heavy atom. The number of hydrogen-bond donors (Lipinski definition) is 2. The van der Waals surface area contributed by atoms with Gasteiger partial charge >= 0.3 is 11.9 Å². The molecule has 0 radical (unpaired) electrons. The highest BCUT2D eigenvalue weighted by Gasteiger charge is 2.10. The molecule has 0 saturated heterocycles. The van der Waals surface area contributed by atoms with Gasteiger partial charge in [-0.15, -0.1) is 0 Å². The summed E-state index contributed by atoms with van der Waals surface area (Å²) >= 11 is 0. The molecule has 0 bridgehead atoms. The third-order valence-corrected chi connectivity index (χ3v) is 3.19. The molecule has 0 aliphatic rings. The fourth-order valence-electron chi connectivity index (χ4n) is 2.03. The van der Waals surface area contributed by atoms with E-state index in [2.05, 4.69) is 10.5 Å². The van der Waals surface area contributed by atoms with Crippen molar-refractivity contribution in [1.82, 2.24) is 5.43 Å². The summed E-state index contributed by atoms with van der Waals surface area (Å²) in [7, 11) is 0. The van der Waals surface area contributed by atoms with Crippen LogP contribution in [0.1, 0.15) is 26.5 Å². The zero-order chi connectivity index (χ0) is 16.2. The number of aromatic carboxylic acids is 1. The van der Waals surface area contributed by atoms with Gasteiger partial charge in [0.15, 0.2) is 5.76 Å². The molecule has 0 atom stereocenters. The van der Waals surface area contributed by atoms with E-state index >= 15 is 0 Å². The molecule has 6 nitrogen and oxygen atoms in total. The summed E-state index contributed by atoms with van der Waals surface area (Å²) in [5, 5.41) is 13.5. The third kappa shape index (κ3) is 3.26. The molecule has 2 aromatic carbocycles. The summed E-state index contributed by atoms with van der Waals surface area (Å²) in [6.07, 6.45) is 1.42. The van der Waals surface area contributed by atoms with Gasteiger partial charge in [-0.05, 0) is 29.8 Å². The number of carbonyl (C=O) groups excluding carboxylic acids is 1. The van der Waals surface area contributed by atoms with Crippen LogP contribution in [-0.2, 0) is 0 Å². The van der Waals surface area contributed by atoms with Crippen LogP contribution < -0.4 is 5.43 Å². The molecule has 0 aliphatic carbocycles. The van der Waals surface area contributed by atoms with E-state index < -0.39 is 11.9 Å². The normalized spacial score (nSPS) is 11.0. The van der Waals surface area contributed by atoms with Gasteiger partial charge in [0.1, 0.15) is 5.58 Å². The van der Waals surface area contributed by atoms with Crippen LogP contribution in [0.4, 0.5) is 0 Å². The van der Waals surface area contributed by atoms with Crippen molar-refractivity contribution >= 4 is 29.1 Å². The van der Waals surface area contributed by atoms with Gasteiger partial charge in [-0.2, -0.15) is 5.10 Å². The minimum Gasteiger partial charge on any atom is -0.478 e. The lowest BCUT2D eigenvalue weighted by Crippen LogP contribution is -2.16. The lowest BCUT2D eigenvalue weighted by Gasteiger charge is -1.97. The molecular formula is C17H12N2O4. The van der Waals surface area contributed by atoms with E-state index in [4.69, 9.17) is 9.52 Å². The smallest absolute Gasteiger partial charge is 0.335 e. The maximum absolute atomic E-state index is 12.0. The summed E-state index contributed by atoms with van der Waals surface area (Å²) in [5.74, 6) is -1.28. The first-order valence-corrected chi connectivity index (χ1v) is 6.79. The van der Waals surface area contributed by atoms with Gasteiger partial charge in [0.2, 0.25) is 0 Å². The minimum absolute atomic E-state index is 0.171. The van der Waals surface area contributed by atoms with E-state index in [0.717, 1.165) is 5.39 Å². The molecule has 3 rings (SSSR count). The first-order valence-electron chi connectivity index (χ1n) is 6.79. The largest absolute Gasteiger partial charge is 0.478 e. The predicted molar refractivity (Wildman–Crippen MR) is 84.7 cm³/mol. The minimum atomic E-state index is -0.994. The molecule has 0 saturated carbocycles. The van der Waals surface area contributed by atoms with Gasteiger partial charge in [0, 0.05) is 5.39 Å². The number of furan rings is 1. The van der Waals surface area contributed by atoms with Crippen molar-refractivity contribution in [2.75, 3.05) is 0 Å². The molecule has 6 heteroatoms. The van der Waals surface area contributed by atoms with Crippen molar-refractivity contribution in [2.24, 2.45) is 5.10 Å². The fourth-order valence-corrected chi connectivity index (χ4v) is 2.03. The molecule has 2 N–H and O–H groups in total. The molecule has 114 valence electrons. The van der Waals surface area contributed by atoms with Crippen LogP contribution in [0.15, 0.2) is 64.1 Å². The zero-order valence-electron chi connectivity index (χ0n) is 11.9. The number of amides is 1. The van der Waals surface area contributed by atoms with Crippen molar-refractivity contribution < 1.29 is 19.1 Å². The highest BCUT2D eigenvalue weighted by Crippen LogP contribution is 2.18. The second kappa shape index (κ2) is 6.15. The molecular weight excluding hydrogens is 296 g/mol. The number of rotatable bonds is 4. The standard InChI is InChI=1S/C17H12N2O4/c20-16(15-9-13-3-1-2-4-14(13)23-15)19-18-10-11-5-7-12(8-6-11)17(21)22/h1-10H,(H,19,20)(H,21,22). The Balaban J connectivity index is 1.67. The molecule has 0 spiro atoms. The first-order chi connectivity index (χ1) is 11.1. The van der Waals surface area contributed by atoms with Crippen LogP contribution in [0.5, 0.6) is 0 Å². The number of benzene rings is 2. The van der Waals surface area contributed by atoms with Crippen molar-refractivity contribution in [3.05, 3.63) is 71.5 Å². The fraction of sp³-hybridized carbons (Fsp3) is 0. The quantitative estimate of drug-likeness (QED) is 0.572. The van der Waals surface area contributed by atoms with E-state index in [1.165, 1.54) is 18.3 Å². The van der Waals surface area contributed by atoms with E-state index in [9.17, 15) is 9.59 Å². The van der Waals surface area contributed by atoms with Crippen LogP contribution in [0, 0.1) is 0 Å². The summed E-state index contributed by atoms with van der Waals surface area (Å²) in [6.45, 7) is 0. The molecule has 1 amide bonds. The maximum Gasteiger partial charge on any atom is 0.335 e. The number of carbonyl (C=O) groups is 2. The van der Waals surface area contributed by atoms with Gasteiger partial charge < -0.3 is 9.52 Å². The van der Waals surface area contributed by atoms with E-state index in [0.29, 0.717) is 11.1 Å². The summed E-state index contributed by atoms with van der Waals surface area (Å²) in [6, 6.07) is 15.1. The third-order valence-electron chi connectivity index (χ3n) is 3.19. The maximum atomic E-state index is 12.0. The number of fused-ring (bicyclic) bond motifs is 1. The number of carboxylic acids is 1. The monoisotopic (exact) mass is 308 g/mol. The Bertz CT molecular complexity index is 861. The predicted octanol–water partition coefficient (Wildman–Crippen LogP) is 2.89. The second-order valence-electron chi connectivity index (χ2n) is 4.77. The number of para-hydroxylation sites is 1. The number of carboxylic acid groups (broad SMARTS) is 1. The molecule has 23 heavy (non-hydrogen) atoms. The number of nitrogens with one attached hydrogen (secondary N) is 1. The highest BCUT2D eigenvalue weighted by molar-refractivity contribution is 5.96. The highest BCUT2D eigenvalue weighted by atomic mass is 16.4. The van der Waals surface area contributed by atoms with Crippen molar-refractivity contribution in [2.45, 2.75) is 0 Å². The molecule has 3 aromatic rings. The summed E-state index contributed by atoms with van der Waals surface area (Å²) in [4.78, 5) is 22.7. The number of hydrazone groups is 1. The van der Waals surface area contributed by atoms with Gasteiger partial charge in [0.25, 0.3) is 0 Å². The Morgan fingerprint density at radius 1 is 1.09 bits per heavy atom. The number of nitrogens with zero attached hydrogens (tertiary/aromatic N) is 1. The summed E-state index contributed by atoms with van der Waals surface area (Å²) < 4.78 is 5.42. The van der Waals surface area contributed by atoms with Gasteiger partial charge in [-0.3, -0.25) is 4.79 Å². The van der Waals surface area contributed by atoms with E-state index in [1.54, 1.807) is 24.3 Å². The van der Waals surface area contributed by atoms with Crippen LogP contribution in [-0.4, -0.2) is 23.2 Å². The average molecular weight is 308 g/mol. The first kappa shape index (κ1) is 14.5. The van der Waals surface area contributed by atoms with E-state index in [-0.39, 0.29) is 11.3 Å². The number of hydrogen-bond acceptors (Lipinski definition) is 4. The van der Waals surface area contributed by atoms with Gasteiger partial charge in [-0.25, -0.2) is 10.2 Å². The van der Waals surface area contributed by atoms with Crippen molar-refractivity contribution in [1.29, 1.82) is 0 Å². The Kier molecular flexibility index (Phi) is 3.88. The van der Waals surface area contributed by atoms with Crippen molar-refractivity contribution in [3.63, 3.8) is 0 Å². The van der Waals surface area contributed by atoms with Crippen LogP contribution >= 0.6 is 0 Å². The molecule has 0 fully saturated rings. The average Bonchev–Trinajstić information content (AvgIpc) is 2.99. The van der Waals surface area contributed by atoms with Crippen LogP contribution in [0.3, 0.4) is 0 Å². The van der Waals surface area contributed by atoms with E-state index in [1.807, 2.05) is 18.2 Å². The molecule has 0 unspecified atom stereocenters. The second-order valence-corrected chi connectivity index (χ2v) is 4.77. The molecule has 0 aliphatic heterocycles. The Labute approximate surface area is 131 Å². The zero-order valence-corrected chi connectivity index (χ0v) is 11.9. The lowest BCUT2D eigenvalue weighted by molar-refractivity contribution is 0.0696. The van der Waals surface area contributed by atoms with Gasteiger partial charge in [0.05, 0.1) is 11.8 Å².